The SMILES string of the molecule is O=C(c1ccno1)N1CCCC(Oc2ncc(Cl)cn2)C1. The molecule has 8 heteroatoms. The molecule has 21 heavy (non-hydrogen) atoms. The van der Waals surface area contributed by atoms with Crippen LogP contribution in [0.3, 0.4) is 0 Å². The zero-order valence-corrected chi connectivity index (χ0v) is 11.9. The molecule has 3 heterocycles. The largest absolute Gasteiger partial charge is 0.458 e. The highest BCUT2D eigenvalue weighted by atomic mass is 35.5. The number of halogens is 1. The van der Waals surface area contributed by atoms with Gasteiger partial charge in [-0.3, -0.25) is 4.79 Å². The third-order valence-corrected chi connectivity index (χ3v) is 3.38. The molecule has 1 aliphatic heterocycles. The summed E-state index contributed by atoms with van der Waals surface area (Å²) in [6, 6.07) is 1.81. The molecule has 2 aromatic heterocycles. The van der Waals surface area contributed by atoms with Crippen LogP contribution in [0, 0.1) is 0 Å². The minimum atomic E-state index is -0.183. The monoisotopic (exact) mass is 308 g/mol. The predicted molar refractivity (Wildman–Crippen MR) is 73.1 cm³/mol. The summed E-state index contributed by atoms with van der Waals surface area (Å²) in [5.74, 6) is 0.0521. The van der Waals surface area contributed by atoms with E-state index in [4.69, 9.17) is 20.9 Å². The lowest BCUT2D eigenvalue weighted by Gasteiger charge is -2.31. The van der Waals surface area contributed by atoms with Gasteiger partial charge in [0.25, 0.3) is 5.91 Å². The van der Waals surface area contributed by atoms with Crippen molar-refractivity contribution in [1.82, 2.24) is 20.0 Å². The molecule has 1 saturated heterocycles. The molecule has 2 aromatic rings. The Morgan fingerprint density at radius 2 is 2.24 bits per heavy atom. The highest BCUT2D eigenvalue weighted by Gasteiger charge is 2.27. The van der Waals surface area contributed by atoms with Gasteiger partial charge in [-0.15, -0.1) is 0 Å². The molecule has 1 unspecified atom stereocenters. The maximum Gasteiger partial charge on any atom is 0.316 e. The number of aromatic nitrogens is 3. The van der Waals surface area contributed by atoms with Gasteiger partial charge in [-0.25, -0.2) is 9.97 Å². The number of carbonyl (C=O) groups is 1. The van der Waals surface area contributed by atoms with E-state index in [1.165, 1.54) is 18.6 Å². The van der Waals surface area contributed by atoms with Gasteiger partial charge in [0.15, 0.2) is 0 Å². The first kappa shape index (κ1) is 13.8. The molecule has 110 valence electrons. The lowest BCUT2D eigenvalue weighted by Crippen LogP contribution is -2.44. The average Bonchev–Trinajstić information content (AvgIpc) is 3.03. The maximum absolute atomic E-state index is 12.2. The Morgan fingerprint density at radius 1 is 1.43 bits per heavy atom. The first-order valence-electron chi connectivity index (χ1n) is 6.56. The van der Waals surface area contributed by atoms with Crippen molar-refractivity contribution in [1.29, 1.82) is 0 Å². The maximum atomic E-state index is 12.2. The molecule has 0 bridgehead atoms. The summed E-state index contributed by atoms with van der Waals surface area (Å²) < 4.78 is 10.6. The number of nitrogens with zero attached hydrogens (tertiary/aromatic N) is 4. The van der Waals surface area contributed by atoms with Crippen molar-refractivity contribution < 1.29 is 14.1 Å². The predicted octanol–water partition coefficient (Wildman–Crippen LogP) is 1.80. The minimum Gasteiger partial charge on any atom is -0.458 e. The van der Waals surface area contributed by atoms with Crippen LogP contribution in [-0.4, -0.2) is 45.1 Å². The number of hydrogen-bond donors (Lipinski definition) is 0. The Balaban J connectivity index is 1.63. The first-order chi connectivity index (χ1) is 10.2. The van der Waals surface area contributed by atoms with Crippen molar-refractivity contribution in [2.75, 3.05) is 13.1 Å². The zero-order valence-electron chi connectivity index (χ0n) is 11.1. The molecule has 0 saturated carbocycles. The molecule has 7 nitrogen and oxygen atoms in total. The van der Waals surface area contributed by atoms with E-state index in [0.29, 0.717) is 18.1 Å². The molecule has 0 aliphatic carbocycles. The van der Waals surface area contributed by atoms with Gasteiger partial charge in [0.1, 0.15) is 6.10 Å². The van der Waals surface area contributed by atoms with E-state index in [-0.39, 0.29) is 23.8 Å². The van der Waals surface area contributed by atoms with Gasteiger partial charge in [0.05, 0.1) is 30.2 Å². The second-order valence-electron chi connectivity index (χ2n) is 4.69. The molecular weight excluding hydrogens is 296 g/mol. The third-order valence-electron chi connectivity index (χ3n) is 3.18. The molecule has 1 amide bonds. The summed E-state index contributed by atoms with van der Waals surface area (Å²) in [5, 5.41) is 4.00. The van der Waals surface area contributed by atoms with E-state index in [9.17, 15) is 4.79 Å². The van der Waals surface area contributed by atoms with Gasteiger partial charge in [-0.2, -0.15) is 0 Å². The highest BCUT2D eigenvalue weighted by molar-refractivity contribution is 6.30. The van der Waals surface area contributed by atoms with E-state index in [1.807, 2.05) is 0 Å². The van der Waals surface area contributed by atoms with Crippen LogP contribution in [0.25, 0.3) is 0 Å². The van der Waals surface area contributed by atoms with E-state index < -0.39 is 0 Å². The fourth-order valence-electron chi connectivity index (χ4n) is 2.21. The minimum absolute atomic E-state index is 0.146. The number of rotatable bonds is 3. The Labute approximate surface area is 125 Å². The van der Waals surface area contributed by atoms with Gasteiger partial charge >= 0.3 is 6.01 Å². The first-order valence-corrected chi connectivity index (χ1v) is 6.94. The van der Waals surface area contributed by atoms with Crippen LogP contribution in [-0.2, 0) is 0 Å². The Kier molecular flexibility index (Phi) is 4.01. The van der Waals surface area contributed by atoms with Crippen molar-refractivity contribution in [2.45, 2.75) is 18.9 Å². The Hall–Kier alpha value is -2.15. The molecule has 3 rings (SSSR count). The summed E-state index contributed by atoms with van der Waals surface area (Å²) in [6.45, 7) is 1.13. The standard InChI is InChI=1S/C13H13ClN4O3/c14-9-6-15-13(16-7-9)20-10-2-1-5-18(8-10)12(19)11-3-4-17-21-11/h3-4,6-7,10H,1-2,5,8H2. The van der Waals surface area contributed by atoms with Crippen molar-refractivity contribution in [3.05, 3.63) is 35.4 Å². The molecule has 1 atom stereocenters. The summed E-state index contributed by atoms with van der Waals surface area (Å²) in [5.41, 5.74) is 0. The molecule has 0 radical (unpaired) electrons. The third kappa shape index (κ3) is 3.30. The van der Waals surface area contributed by atoms with Crippen LogP contribution in [0.5, 0.6) is 6.01 Å². The van der Waals surface area contributed by atoms with Crippen molar-refractivity contribution in [2.24, 2.45) is 0 Å². The quantitative estimate of drug-likeness (QED) is 0.860. The van der Waals surface area contributed by atoms with Gasteiger partial charge in [-0.05, 0) is 12.8 Å². The lowest BCUT2D eigenvalue weighted by atomic mass is 10.1. The Bertz CT molecular complexity index is 602. The average molecular weight is 309 g/mol. The van der Waals surface area contributed by atoms with E-state index in [2.05, 4.69) is 15.1 Å². The highest BCUT2D eigenvalue weighted by Crippen LogP contribution is 2.18. The van der Waals surface area contributed by atoms with Gasteiger partial charge < -0.3 is 14.2 Å². The van der Waals surface area contributed by atoms with Crippen LogP contribution in [0.15, 0.2) is 29.2 Å². The number of amides is 1. The molecular formula is C13H13ClN4O3. The number of piperidine rings is 1. The summed E-state index contributed by atoms with van der Waals surface area (Å²) in [4.78, 5) is 21.9. The van der Waals surface area contributed by atoms with Gasteiger partial charge in [-0.1, -0.05) is 16.8 Å². The number of carbonyl (C=O) groups excluding carboxylic acids is 1. The fraction of sp³-hybridized carbons (Fsp3) is 0.385. The van der Waals surface area contributed by atoms with E-state index >= 15 is 0 Å². The van der Waals surface area contributed by atoms with Crippen molar-refractivity contribution >= 4 is 17.5 Å². The zero-order chi connectivity index (χ0) is 14.7. The molecule has 0 N–H and O–H groups in total. The molecule has 0 aromatic carbocycles. The second kappa shape index (κ2) is 6.09. The summed E-state index contributed by atoms with van der Waals surface area (Å²) in [6.07, 6.45) is 5.94. The topological polar surface area (TPSA) is 81.4 Å². The Morgan fingerprint density at radius 3 is 2.95 bits per heavy atom. The molecule has 1 aliphatic rings. The summed E-state index contributed by atoms with van der Waals surface area (Å²) >= 11 is 5.73. The van der Waals surface area contributed by atoms with Crippen LogP contribution in [0.4, 0.5) is 0 Å². The number of likely N-dealkylation sites (tertiary alicyclic amines) is 1. The van der Waals surface area contributed by atoms with E-state index in [0.717, 1.165) is 12.8 Å². The smallest absolute Gasteiger partial charge is 0.316 e. The van der Waals surface area contributed by atoms with Crippen molar-refractivity contribution in [3.8, 4) is 6.01 Å². The number of ether oxygens (including phenoxy) is 1. The van der Waals surface area contributed by atoms with Crippen LogP contribution in [0.2, 0.25) is 5.02 Å². The van der Waals surface area contributed by atoms with Crippen LogP contribution < -0.4 is 4.74 Å². The normalized spacial score (nSPS) is 18.5. The van der Waals surface area contributed by atoms with Gasteiger partial charge in [0.2, 0.25) is 5.76 Å². The van der Waals surface area contributed by atoms with Crippen molar-refractivity contribution in [3.63, 3.8) is 0 Å². The summed E-state index contributed by atoms with van der Waals surface area (Å²) in [7, 11) is 0. The lowest BCUT2D eigenvalue weighted by molar-refractivity contribution is 0.0481. The van der Waals surface area contributed by atoms with Gasteiger partial charge in [0, 0.05) is 12.6 Å². The second-order valence-corrected chi connectivity index (χ2v) is 5.13. The van der Waals surface area contributed by atoms with Crippen LogP contribution >= 0.6 is 11.6 Å². The number of hydrogen-bond acceptors (Lipinski definition) is 6. The molecule has 0 spiro atoms. The fourth-order valence-corrected chi connectivity index (χ4v) is 2.31. The molecule has 1 fully saturated rings. The van der Waals surface area contributed by atoms with E-state index in [1.54, 1.807) is 11.0 Å². The van der Waals surface area contributed by atoms with Crippen LogP contribution in [0.1, 0.15) is 23.4 Å².